The molecule has 0 aromatic heterocycles. The number of nitrogens with zero attached hydrogens (tertiary/aromatic N) is 1. The minimum Gasteiger partial charge on any atom is -0.346 e. The maximum absolute atomic E-state index is 12.5. The van der Waals surface area contributed by atoms with Crippen LogP contribution in [0.1, 0.15) is 41.5 Å². The summed E-state index contributed by atoms with van der Waals surface area (Å²) in [6.45, 7) is 13.7. The first kappa shape index (κ1) is 17.4. The van der Waals surface area contributed by atoms with Crippen molar-refractivity contribution in [1.82, 2.24) is 15.5 Å². The molecular formula is C14H29N3O3. The number of piperazine rings is 1. The van der Waals surface area contributed by atoms with Crippen molar-refractivity contribution in [3.8, 4) is 0 Å². The van der Waals surface area contributed by atoms with Gasteiger partial charge in [-0.25, -0.2) is 4.90 Å². The molecule has 0 saturated carbocycles. The lowest BCUT2D eigenvalue weighted by molar-refractivity contribution is -0.309. The number of hydrogen-bond donors (Lipinski definition) is 3. The van der Waals surface area contributed by atoms with Crippen molar-refractivity contribution >= 4 is 5.91 Å². The molecule has 1 aliphatic rings. The van der Waals surface area contributed by atoms with Crippen molar-refractivity contribution in [3.63, 3.8) is 0 Å². The molecule has 3 N–H and O–H groups in total. The molecule has 1 atom stereocenters. The first-order chi connectivity index (χ1) is 8.94. The standard InChI is InChI=1S/C14H29N3O3/c1-12(2,3)16-11(18)14(19,20-13(4,5)6)17-9-7-15-8-10-17/h15,19H,7-10H2,1-6H3,(H,16,18)/t14-/m1/s1. The third-order valence-electron chi connectivity index (χ3n) is 2.78. The number of carbonyl (C=O) groups is 1. The summed E-state index contributed by atoms with van der Waals surface area (Å²) in [5, 5.41) is 16.9. The summed E-state index contributed by atoms with van der Waals surface area (Å²) >= 11 is 0. The van der Waals surface area contributed by atoms with Gasteiger partial charge in [0.05, 0.1) is 5.60 Å². The van der Waals surface area contributed by atoms with Gasteiger partial charge in [-0.3, -0.25) is 4.79 Å². The van der Waals surface area contributed by atoms with E-state index in [1.54, 1.807) is 4.90 Å². The van der Waals surface area contributed by atoms with Gasteiger partial charge in [-0.15, -0.1) is 0 Å². The zero-order valence-corrected chi connectivity index (χ0v) is 13.5. The summed E-state index contributed by atoms with van der Waals surface area (Å²) in [5.41, 5.74) is -1.06. The van der Waals surface area contributed by atoms with E-state index >= 15 is 0 Å². The van der Waals surface area contributed by atoms with Gasteiger partial charge in [0.1, 0.15) is 0 Å². The highest BCUT2D eigenvalue weighted by molar-refractivity contribution is 5.83. The topological polar surface area (TPSA) is 73.8 Å². The Labute approximate surface area is 121 Å². The number of hydrogen-bond acceptors (Lipinski definition) is 5. The number of ether oxygens (including phenoxy) is 1. The van der Waals surface area contributed by atoms with Gasteiger partial charge in [0, 0.05) is 31.7 Å². The molecule has 1 amide bonds. The Bertz CT molecular complexity index is 341. The van der Waals surface area contributed by atoms with Crippen molar-refractivity contribution in [1.29, 1.82) is 0 Å². The van der Waals surface area contributed by atoms with E-state index in [0.29, 0.717) is 13.1 Å². The fourth-order valence-corrected chi connectivity index (χ4v) is 2.07. The van der Waals surface area contributed by atoms with Gasteiger partial charge in [-0.05, 0) is 41.5 Å². The van der Waals surface area contributed by atoms with E-state index in [0.717, 1.165) is 13.1 Å². The van der Waals surface area contributed by atoms with Crippen LogP contribution in [0.15, 0.2) is 0 Å². The third kappa shape index (κ3) is 5.01. The zero-order chi connectivity index (χ0) is 15.6. The van der Waals surface area contributed by atoms with Crippen LogP contribution >= 0.6 is 0 Å². The molecule has 0 aromatic carbocycles. The van der Waals surface area contributed by atoms with Gasteiger partial charge < -0.3 is 20.5 Å². The van der Waals surface area contributed by atoms with E-state index in [2.05, 4.69) is 10.6 Å². The van der Waals surface area contributed by atoms with Crippen LogP contribution in [0.3, 0.4) is 0 Å². The molecule has 1 rings (SSSR count). The number of nitrogens with one attached hydrogen (secondary N) is 2. The summed E-state index contributed by atoms with van der Waals surface area (Å²) in [6.07, 6.45) is 0. The van der Waals surface area contributed by atoms with Crippen LogP contribution in [0.2, 0.25) is 0 Å². The lowest BCUT2D eigenvalue weighted by Gasteiger charge is -2.44. The van der Waals surface area contributed by atoms with Gasteiger partial charge in [0.25, 0.3) is 5.91 Å². The van der Waals surface area contributed by atoms with Crippen LogP contribution in [0.4, 0.5) is 0 Å². The fraction of sp³-hybridized carbons (Fsp3) is 0.929. The van der Waals surface area contributed by atoms with E-state index in [1.165, 1.54) is 0 Å². The van der Waals surface area contributed by atoms with E-state index in [4.69, 9.17) is 4.74 Å². The van der Waals surface area contributed by atoms with Gasteiger partial charge >= 0.3 is 5.91 Å². The van der Waals surface area contributed by atoms with Crippen LogP contribution in [0.5, 0.6) is 0 Å². The number of aliphatic hydroxyl groups is 1. The number of carbonyl (C=O) groups excluding carboxylic acids is 1. The predicted molar refractivity (Wildman–Crippen MR) is 78.1 cm³/mol. The van der Waals surface area contributed by atoms with Gasteiger partial charge in [0.15, 0.2) is 0 Å². The molecule has 0 aliphatic carbocycles. The molecule has 0 bridgehead atoms. The minimum atomic E-state index is -1.94. The summed E-state index contributed by atoms with van der Waals surface area (Å²) in [7, 11) is 0. The maximum Gasteiger partial charge on any atom is 0.311 e. The summed E-state index contributed by atoms with van der Waals surface area (Å²) in [6, 6.07) is 0. The number of amides is 1. The molecule has 0 aromatic rings. The average molecular weight is 287 g/mol. The van der Waals surface area contributed by atoms with Crippen molar-refractivity contribution < 1.29 is 14.6 Å². The van der Waals surface area contributed by atoms with Crippen molar-refractivity contribution in [3.05, 3.63) is 0 Å². The molecule has 0 spiro atoms. The molecule has 1 aliphatic heterocycles. The highest BCUT2D eigenvalue weighted by atomic mass is 16.7. The monoisotopic (exact) mass is 287 g/mol. The second kappa shape index (κ2) is 5.97. The van der Waals surface area contributed by atoms with Gasteiger partial charge in [0.2, 0.25) is 0 Å². The number of rotatable bonds is 3. The largest absolute Gasteiger partial charge is 0.346 e. The normalized spacial score (nSPS) is 21.4. The Balaban J connectivity index is 2.96. The first-order valence-corrected chi connectivity index (χ1v) is 7.15. The second-order valence-electron chi connectivity index (χ2n) is 7.26. The third-order valence-corrected chi connectivity index (χ3v) is 2.78. The van der Waals surface area contributed by atoms with Crippen LogP contribution < -0.4 is 10.6 Å². The highest BCUT2D eigenvalue weighted by Crippen LogP contribution is 2.23. The molecular weight excluding hydrogens is 258 g/mol. The lowest BCUT2D eigenvalue weighted by atomic mass is 10.1. The average Bonchev–Trinajstić information content (AvgIpc) is 2.25. The van der Waals surface area contributed by atoms with Gasteiger partial charge in [-0.1, -0.05) is 0 Å². The summed E-state index contributed by atoms with van der Waals surface area (Å²) < 4.78 is 5.71. The molecule has 1 fully saturated rings. The maximum atomic E-state index is 12.5. The van der Waals surface area contributed by atoms with E-state index in [-0.39, 0.29) is 0 Å². The molecule has 1 saturated heterocycles. The lowest BCUT2D eigenvalue weighted by Crippen LogP contribution is -2.67. The van der Waals surface area contributed by atoms with E-state index in [1.807, 2.05) is 41.5 Å². The molecule has 1 heterocycles. The predicted octanol–water partition coefficient (Wildman–Crippen LogP) is 0.268. The Morgan fingerprint density at radius 1 is 1.15 bits per heavy atom. The molecule has 6 heteroatoms. The highest BCUT2D eigenvalue weighted by Gasteiger charge is 2.47. The van der Waals surface area contributed by atoms with Crippen LogP contribution in [0.25, 0.3) is 0 Å². The van der Waals surface area contributed by atoms with Crippen molar-refractivity contribution in [2.24, 2.45) is 0 Å². The molecule has 20 heavy (non-hydrogen) atoms. The SMILES string of the molecule is CC(C)(C)NC(=O)[C@@](O)(OC(C)(C)C)N1CCNCC1. The Morgan fingerprint density at radius 2 is 1.65 bits per heavy atom. The van der Waals surface area contributed by atoms with Crippen LogP contribution in [-0.2, 0) is 9.53 Å². The zero-order valence-electron chi connectivity index (χ0n) is 13.5. The van der Waals surface area contributed by atoms with Crippen LogP contribution in [0, 0.1) is 0 Å². The Morgan fingerprint density at radius 3 is 2.05 bits per heavy atom. The second-order valence-corrected chi connectivity index (χ2v) is 7.26. The minimum absolute atomic E-state index is 0.430. The molecule has 0 radical (unpaired) electrons. The first-order valence-electron chi connectivity index (χ1n) is 7.15. The Hall–Kier alpha value is -0.690. The Kier molecular flexibility index (Phi) is 5.18. The molecule has 6 nitrogen and oxygen atoms in total. The van der Waals surface area contributed by atoms with E-state index < -0.39 is 23.0 Å². The summed E-state index contributed by atoms with van der Waals surface area (Å²) in [5.74, 6) is -2.45. The van der Waals surface area contributed by atoms with Crippen molar-refractivity contribution in [2.45, 2.75) is 58.6 Å². The van der Waals surface area contributed by atoms with Crippen molar-refractivity contribution in [2.75, 3.05) is 26.2 Å². The molecule has 0 unspecified atom stereocenters. The van der Waals surface area contributed by atoms with Gasteiger partial charge in [-0.2, -0.15) is 0 Å². The fourth-order valence-electron chi connectivity index (χ4n) is 2.07. The van der Waals surface area contributed by atoms with E-state index in [9.17, 15) is 9.90 Å². The van der Waals surface area contributed by atoms with Crippen LogP contribution in [-0.4, -0.2) is 59.1 Å². The summed E-state index contributed by atoms with van der Waals surface area (Å²) in [4.78, 5) is 14.2. The molecule has 118 valence electrons. The quantitative estimate of drug-likeness (QED) is 0.650. The smallest absolute Gasteiger partial charge is 0.311 e.